The van der Waals surface area contributed by atoms with Gasteiger partial charge >= 0.3 is 5.69 Å². The van der Waals surface area contributed by atoms with E-state index in [4.69, 9.17) is 4.74 Å². The van der Waals surface area contributed by atoms with Crippen LogP contribution in [0.25, 0.3) is 0 Å². The molecule has 0 radical (unpaired) electrons. The summed E-state index contributed by atoms with van der Waals surface area (Å²) in [6.45, 7) is 0. The summed E-state index contributed by atoms with van der Waals surface area (Å²) < 4.78 is 6.64. The van der Waals surface area contributed by atoms with Gasteiger partial charge in [0.25, 0.3) is 11.5 Å². The van der Waals surface area contributed by atoms with Crippen LogP contribution in [-0.2, 0) is 16.0 Å². The zero-order valence-corrected chi connectivity index (χ0v) is 13.3. The Kier molecular flexibility index (Phi) is 3.72. The quantitative estimate of drug-likeness (QED) is 0.631. The first-order valence-corrected chi connectivity index (χ1v) is 7.91. The lowest BCUT2D eigenvalue weighted by atomic mass is 10.0. The highest BCUT2D eigenvalue weighted by Gasteiger charge is 2.50. The van der Waals surface area contributed by atoms with Crippen LogP contribution >= 0.6 is 0 Å². The third-order valence-electron chi connectivity index (χ3n) is 4.61. The Bertz CT molecular complexity index is 1020. The molecule has 0 saturated carbocycles. The summed E-state index contributed by atoms with van der Waals surface area (Å²) in [7, 11) is 0. The van der Waals surface area contributed by atoms with Gasteiger partial charge in [-0.2, -0.15) is 4.57 Å². The second kappa shape index (κ2) is 5.84. The Morgan fingerprint density at radius 1 is 1.08 bits per heavy atom. The summed E-state index contributed by atoms with van der Waals surface area (Å²) in [5.74, 6) is -1.40. The van der Waals surface area contributed by atoms with Gasteiger partial charge in [-0.05, 0) is 12.1 Å². The molecular weight excluding hydrogens is 344 g/mol. The van der Waals surface area contributed by atoms with E-state index < -0.39 is 47.5 Å². The van der Waals surface area contributed by atoms with Crippen LogP contribution in [0.1, 0.15) is 22.3 Å². The van der Waals surface area contributed by atoms with Crippen molar-refractivity contribution < 1.29 is 24.5 Å². The smallest absolute Gasteiger partial charge is 0.340 e. The Balaban J connectivity index is 1.93. The zero-order valence-electron chi connectivity index (χ0n) is 13.3. The van der Waals surface area contributed by atoms with E-state index in [1.54, 1.807) is 18.2 Å². The monoisotopic (exact) mass is 358 g/mol. The van der Waals surface area contributed by atoms with Crippen LogP contribution in [0, 0.1) is 0 Å². The van der Waals surface area contributed by atoms with Gasteiger partial charge in [-0.1, -0.05) is 18.2 Å². The molecule has 4 atom stereocenters. The van der Waals surface area contributed by atoms with Crippen LogP contribution in [-0.4, -0.2) is 49.3 Å². The SMILES string of the molecule is O=C1Cc2cc(=O)n(C(=O)c3ccccc3)c(=O)n2[C@@H]2O[C@H]1[C@@H](O)[C@H]2O. The predicted molar refractivity (Wildman–Crippen MR) is 85.8 cm³/mol. The molecule has 9 heteroatoms. The minimum atomic E-state index is -1.54. The highest BCUT2D eigenvalue weighted by molar-refractivity contribution is 5.95. The molecular formula is C17H14N2O7. The molecule has 1 saturated heterocycles. The first-order chi connectivity index (χ1) is 12.4. The van der Waals surface area contributed by atoms with E-state index in [2.05, 4.69) is 0 Å². The number of nitrogens with zero attached hydrogens (tertiary/aromatic N) is 2. The van der Waals surface area contributed by atoms with E-state index in [9.17, 15) is 29.4 Å². The van der Waals surface area contributed by atoms with Crippen molar-refractivity contribution >= 4 is 11.7 Å². The van der Waals surface area contributed by atoms with Crippen LogP contribution in [0.2, 0.25) is 0 Å². The maximum atomic E-state index is 12.9. The number of aliphatic hydroxyl groups is 2. The molecule has 26 heavy (non-hydrogen) atoms. The lowest BCUT2D eigenvalue weighted by molar-refractivity contribution is -0.133. The highest BCUT2D eigenvalue weighted by atomic mass is 16.6. The fourth-order valence-electron chi connectivity index (χ4n) is 3.32. The van der Waals surface area contributed by atoms with Gasteiger partial charge in [-0.3, -0.25) is 19.0 Å². The number of Topliss-reactive ketones (excluding diaryl/α,β-unsaturated/α-hetero) is 1. The number of ether oxygens (including phenoxy) is 1. The van der Waals surface area contributed by atoms with Crippen LogP contribution in [0.5, 0.6) is 0 Å². The van der Waals surface area contributed by atoms with Crippen molar-refractivity contribution in [1.82, 2.24) is 9.13 Å². The number of ketones is 1. The molecule has 0 spiro atoms. The lowest BCUT2D eigenvalue weighted by Gasteiger charge is -2.21. The van der Waals surface area contributed by atoms with Crippen molar-refractivity contribution in [1.29, 1.82) is 0 Å². The van der Waals surface area contributed by atoms with Crippen LogP contribution in [0.3, 0.4) is 0 Å². The van der Waals surface area contributed by atoms with E-state index in [1.807, 2.05) is 0 Å². The van der Waals surface area contributed by atoms with Crippen molar-refractivity contribution in [2.24, 2.45) is 0 Å². The van der Waals surface area contributed by atoms with Gasteiger partial charge in [0.15, 0.2) is 12.0 Å². The van der Waals surface area contributed by atoms with Gasteiger partial charge < -0.3 is 14.9 Å². The van der Waals surface area contributed by atoms with Crippen molar-refractivity contribution in [2.45, 2.75) is 31.0 Å². The number of hydrogen-bond acceptors (Lipinski definition) is 7. The number of carbonyl (C=O) groups is 2. The van der Waals surface area contributed by atoms with Gasteiger partial charge in [0.2, 0.25) is 0 Å². The average Bonchev–Trinajstić information content (AvgIpc) is 2.82. The number of aromatic nitrogens is 2. The van der Waals surface area contributed by atoms with Crippen LogP contribution in [0.15, 0.2) is 46.0 Å². The minimum Gasteiger partial charge on any atom is -0.387 e. The molecule has 2 aliphatic rings. The van der Waals surface area contributed by atoms with E-state index in [1.165, 1.54) is 12.1 Å². The van der Waals surface area contributed by atoms with Crippen molar-refractivity contribution in [3.05, 3.63) is 68.5 Å². The molecule has 2 aromatic rings. The van der Waals surface area contributed by atoms with Gasteiger partial charge in [0, 0.05) is 17.3 Å². The number of aliphatic hydroxyl groups excluding tert-OH is 2. The Hall–Kier alpha value is -2.88. The van der Waals surface area contributed by atoms with Crippen LogP contribution < -0.4 is 11.2 Å². The molecule has 0 amide bonds. The number of fused-ring (bicyclic) bond motifs is 4. The molecule has 4 rings (SSSR count). The number of rotatable bonds is 1. The van der Waals surface area contributed by atoms with E-state index in [0.717, 1.165) is 10.6 Å². The first kappa shape index (κ1) is 16.6. The summed E-state index contributed by atoms with van der Waals surface area (Å²) in [5, 5.41) is 20.1. The second-order valence-electron chi connectivity index (χ2n) is 6.20. The first-order valence-electron chi connectivity index (χ1n) is 7.91. The molecule has 2 N–H and O–H groups in total. The molecule has 0 aliphatic carbocycles. The number of carbonyl (C=O) groups excluding carboxylic acids is 2. The standard InChI is InChI=1S/C17H14N2O7/c20-10-6-9-7-11(21)19(15(24)8-4-2-1-3-5-8)17(25)18(9)16-13(23)12(22)14(10)26-16/h1-5,7,12-14,16,22-23H,6H2/t12-,13+,14+,16+/m0/s1. The van der Waals surface area contributed by atoms with E-state index in [-0.39, 0.29) is 17.7 Å². The third kappa shape index (κ3) is 2.29. The van der Waals surface area contributed by atoms with E-state index >= 15 is 0 Å². The summed E-state index contributed by atoms with van der Waals surface area (Å²) in [4.78, 5) is 50.0. The molecule has 134 valence electrons. The summed E-state index contributed by atoms with van der Waals surface area (Å²) >= 11 is 0. The molecule has 2 aliphatic heterocycles. The summed E-state index contributed by atoms with van der Waals surface area (Å²) in [6.07, 6.45) is -6.01. The van der Waals surface area contributed by atoms with Crippen molar-refractivity contribution in [2.75, 3.05) is 0 Å². The zero-order chi connectivity index (χ0) is 18.6. The van der Waals surface area contributed by atoms with Gasteiger partial charge in [0.05, 0.1) is 6.42 Å². The molecule has 1 aromatic heterocycles. The topological polar surface area (TPSA) is 128 Å². The Labute approximate surface area is 145 Å². The van der Waals surface area contributed by atoms with Gasteiger partial charge in [0.1, 0.15) is 18.3 Å². The van der Waals surface area contributed by atoms with E-state index in [0.29, 0.717) is 4.57 Å². The molecule has 1 aromatic carbocycles. The number of hydrogen-bond donors (Lipinski definition) is 2. The Morgan fingerprint density at radius 2 is 1.77 bits per heavy atom. The largest absolute Gasteiger partial charge is 0.387 e. The lowest BCUT2D eigenvalue weighted by Crippen LogP contribution is -2.48. The van der Waals surface area contributed by atoms with Gasteiger partial charge in [-0.25, -0.2) is 4.79 Å². The maximum absolute atomic E-state index is 12.9. The second-order valence-corrected chi connectivity index (χ2v) is 6.20. The highest BCUT2D eigenvalue weighted by Crippen LogP contribution is 2.32. The van der Waals surface area contributed by atoms with Crippen molar-refractivity contribution in [3.63, 3.8) is 0 Å². The normalized spacial score (nSPS) is 27.1. The molecule has 3 heterocycles. The van der Waals surface area contributed by atoms with Gasteiger partial charge in [-0.15, -0.1) is 0 Å². The average molecular weight is 358 g/mol. The fourth-order valence-corrected chi connectivity index (χ4v) is 3.32. The van der Waals surface area contributed by atoms with Crippen LogP contribution in [0.4, 0.5) is 0 Å². The molecule has 1 fully saturated rings. The Morgan fingerprint density at radius 3 is 2.46 bits per heavy atom. The summed E-state index contributed by atoms with van der Waals surface area (Å²) in [6, 6.07) is 8.76. The minimum absolute atomic E-state index is 0.0283. The summed E-state index contributed by atoms with van der Waals surface area (Å²) in [5.41, 5.74) is -1.76. The maximum Gasteiger partial charge on any atom is 0.340 e. The van der Waals surface area contributed by atoms with Crippen molar-refractivity contribution in [3.8, 4) is 0 Å². The molecule has 9 nitrogen and oxygen atoms in total. The third-order valence-corrected chi connectivity index (χ3v) is 4.61. The molecule has 2 bridgehead atoms. The fraction of sp³-hybridized carbons (Fsp3) is 0.294. The number of benzene rings is 1. The predicted octanol–water partition coefficient (Wildman–Crippen LogP) is -1.56. The molecule has 0 unspecified atom stereocenters.